The maximum Gasteiger partial charge on any atom is 0.306 e. The first kappa shape index (κ1) is 20.5. The Morgan fingerprint density at radius 3 is 2.52 bits per heavy atom. The molecule has 1 aromatic heterocycles. The summed E-state index contributed by atoms with van der Waals surface area (Å²) in [6.07, 6.45) is 5.24. The molecule has 0 atom stereocenters. The number of hydrogen-bond acceptors (Lipinski definition) is 3. The van der Waals surface area contributed by atoms with E-state index in [0.717, 1.165) is 38.1 Å². The molecular weight excluding hydrogens is 337 g/mol. The molecule has 0 aliphatic heterocycles. The first-order chi connectivity index (χ1) is 9.08. The van der Waals surface area contributed by atoms with E-state index in [-0.39, 0.29) is 30.7 Å². The summed E-state index contributed by atoms with van der Waals surface area (Å²) in [4.78, 5) is 15.1. The average molecular weight is 359 g/mol. The number of carboxylic acids is 1. The number of nitrogens with zero attached hydrogens (tertiary/aromatic N) is 2. The van der Waals surface area contributed by atoms with Crippen LogP contribution >= 0.6 is 36.4 Å². The van der Waals surface area contributed by atoms with E-state index in [1.54, 1.807) is 6.20 Å². The fraction of sp³-hybridized carbons (Fsp3) is 0.692. The molecule has 0 amide bonds. The molecule has 1 aliphatic carbocycles. The molecule has 1 heterocycles. The predicted molar refractivity (Wildman–Crippen MR) is 87.5 cm³/mol. The third kappa shape index (κ3) is 5.66. The smallest absolute Gasteiger partial charge is 0.306 e. The lowest BCUT2D eigenvalue weighted by molar-refractivity contribution is -0.143. The van der Waals surface area contributed by atoms with Gasteiger partial charge in [0.05, 0.1) is 18.7 Å². The number of nitrogens with one attached hydrogen (secondary N) is 1. The molecule has 2 rings (SSSR count). The lowest BCUT2D eigenvalue weighted by atomic mass is 9.82. The zero-order valence-electron chi connectivity index (χ0n) is 11.9. The van der Waals surface area contributed by atoms with Gasteiger partial charge in [-0.3, -0.25) is 4.79 Å². The van der Waals surface area contributed by atoms with Crippen LogP contribution in [0.2, 0.25) is 5.15 Å². The lowest BCUT2D eigenvalue weighted by Crippen LogP contribution is -2.29. The van der Waals surface area contributed by atoms with Gasteiger partial charge in [0, 0.05) is 7.05 Å². The van der Waals surface area contributed by atoms with Crippen molar-refractivity contribution in [3.8, 4) is 0 Å². The van der Waals surface area contributed by atoms with Gasteiger partial charge in [-0.25, -0.2) is 4.98 Å². The van der Waals surface area contributed by atoms with Crippen molar-refractivity contribution >= 4 is 42.4 Å². The Morgan fingerprint density at radius 1 is 1.43 bits per heavy atom. The fourth-order valence-corrected chi connectivity index (χ4v) is 2.74. The molecule has 5 nitrogen and oxygen atoms in total. The van der Waals surface area contributed by atoms with Crippen LogP contribution in [0.25, 0.3) is 0 Å². The highest BCUT2D eigenvalue weighted by molar-refractivity contribution is 6.29. The molecule has 0 radical (unpaired) electrons. The third-order valence-electron chi connectivity index (χ3n) is 3.94. The van der Waals surface area contributed by atoms with Gasteiger partial charge in [0.25, 0.3) is 0 Å². The normalized spacial score (nSPS) is 21.2. The topological polar surface area (TPSA) is 67.2 Å². The monoisotopic (exact) mass is 357 g/mol. The molecule has 0 bridgehead atoms. The van der Waals surface area contributed by atoms with Crippen molar-refractivity contribution in [3.63, 3.8) is 0 Å². The number of hydrogen-bond donors (Lipinski definition) is 2. The minimum atomic E-state index is -0.644. The van der Waals surface area contributed by atoms with Crippen LogP contribution < -0.4 is 5.32 Å². The van der Waals surface area contributed by atoms with Crippen molar-refractivity contribution in [1.82, 2.24) is 14.9 Å². The second-order valence-electron chi connectivity index (χ2n) is 5.24. The molecule has 1 fully saturated rings. The number of rotatable bonds is 5. The van der Waals surface area contributed by atoms with E-state index < -0.39 is 5.97 Å². The summed E-state index contributed by atoms with van der Waals surface area (Å²) in [5.74, 6) is 0.717. The van der Waals surface area contributed by atoms with Gasteiger partial charge in [-0.05, 0) is 38.1 Å². The molecular formula is C13H22Cl3N3O2. The van der Waals surface area contributed by atoms with E-state index in [1.165, 1.54) is 0 Å². The molecule has 122 valence electrons. The Morgan fingerprint density at radius 2 is 2.05 bits per heavy atom. The Bertz CT molecular complexity index is 446. The number of aromatic nitrogens is 2. The first-order valence-electron chi connectivity index (χ1n) is 6.67. The van der Waals surface area contributed by atoms with Crippen molar-refractivity contribution in [3.05, 3.63) is 17.2 Å². The Hall–Kier alpha value is -0.490. The fourth-order valence-electron chi connectivity index (χ4n) is 2.59. The minimum Gasteiger partial charge on any atom is -0.481 e. The maximum absolute atomic E-state index is 10.9. The van der Waals surface area contributed by atoms with Crippen LogP contribution in [0, 0.1) is 11.8 Å². The minimum absolute atomic E-state index is 0. The summed E-state index contributed by atoms with van der Waals surface area (Å²) >= 11 is 5.92. The molecule has 1 aliphatic rings. The summed E-state index contributed by atoms with van der Waals surface area (Å²) in [5.41, 5.74) is 0. The zero-order valence-corrected chi connectivity index (χ0v) is 14.3. The molecule has 0 spiro atoms. The predicted octanol–water partition coefficient (Wildman–Crippen LogP) is 2.90. The van der Waals surface area contributed by atoms with Gasteiger partial charge < -0.3 is 15.0 Å². The van der Waals surface area contributed by atoms with Gasteiger partial charge in [-0.15, -0.1) is 24.8 Å². The van der Waals surface area contributed by atoms with E-state index in [9.17, 15) is 4.79 Å². The van der Waals surface area contributed by atoms with Crippen LogP contribution in [0.4, 0.5) is 0 Å². The molecule has 2 N–H and O–H groups in total. The van der Waals surface area contributed by atoms with E-state index in [1.807, 2.05) is 11.6 Å². The largest absolute Gasteiger partial charge is 0.481 e. The van der Waals surface area contributed by atoms with Crippen molar-refractivity contribution in [2.75, 3.05) is 6.54 Å². The maximum atomic E-state index is 10.9. The second-order valence-corrected chi connectivity index (χ2v) is 5.63. The molecule has 1 aromatic rings. The van der Waals surface area contributed by atoms with Crippen molar-refractivity contribution in [2.24, 2.45) is 18.9 Å². The molecule has 1 saturated carbocycles. The van der Waals surface area contributed by atoms with Crippen LogP contribution in [0.5, 0.6) is 0 Å². The highest BCUT2D eigenvalue weighted by atomic mass is 35.5. The summed E-state index contributed by atoms with van der Waals surface area (Å²) in [6, 6.07) is 0. The highest BCUT2D eigenvalue weighted by Gasteiger charge is 2.25. The van der Waals surface area contributed by atoms with E-state index in [0.29, 0.717) is 17.6 Å². The van der Waals surface area contributed by atoms with Crippen LogP contribution in [0.15, 0.2) is 6.20 Å². The third-order valence-corrected chi connectivity index (χ3v) is 4.29. The number of carbonyl (C=O) groups is 1. The number of imidazole rings is 1. The summed E-state index contributed by atoms with van der Waals surface area (Å²) in [6.45, 7) is 1.61. The Balaban J connectivity index is 0.00000200. The molecule has 0 aromatic carbocycles. The van der Waals surface area contributed by atoms with E-state index in [4.69, 9.17) is 16.7 Å². The van der Waals surface area contributed by atoms with Gasteiger partial charge in [-0.1, -0.05) is 11.6 Å². The van der Waals surface area contributed by atoms with E-state index in [2.05, 4.69) is 10.3 Å². The zero-order chi connectivity index (χ0) is 13.8. The molecule has 0 saturated heterocycles. The summed E-state index contributed by atoms with van der Waals surface area (Å²) in [7, 11) is 1.89. The van der Waals surface area contributed by atoms with Crippen molar-refractivity contribution in [1.29, 1.82) is 0 Å². The molecule has 0 unspecified atom stereocenters. The van der Waals surface area contributed by atoms with Crippen LogP contribution in [-0.4, -0.2) is 27.2 Å². The SMILES string of the molecule is Cl.Cl.Cn1c(Cl)cnc1CNCC1CCC(C(=O)O)CC1. The van der Waals surface area contributed by atoms with Crippen molar-refractivity contribution < 1.29 is 9.90 Å². The average Bonchev–Trinajstić information content (AvgIpc) is 2.71. The van der Waals surface area contributed by atoms with Gasteiger partial charge >= 0.3 is 5.97 Å². The Labute approximate surface area is 142 Å². The van der Waals surface area contributed by atoms with Crippen LogP contribution in [0.3, 0.4) is 0 Å². The quantitative estimate of drug-likeness (QED) is 0.849. The standard InChI is InChI=1S/C13H20ClN3O2.2ClH/c1-17-11(14)7-16-12(17)8-15-6-9-2-4-10(5-3-9)13(18)19;;/h7,9-10,15H,2-6,8H2,1H3,(H,18,19);2*1H. The van der Waals surface area contributed by atoms with Gasteiger partial charge in [0.1, 0.15) is 11.0 Å². The lowest BCUT2D eigenvalue weighted by Gasteiger charge is -2.26. The van der Waals surface area contributed by atoms with Crippen LogP contribution in [-0.2, 0) is 18.4 Å². The van der Waals surface area contributed by atoms with Crippen molar-refractivity contribution in [2.45, 2.75) is 32.2 Å². The second kappa shape index (κ2) is 9.51. The van der Waals surface area contributed by atoms with Crippen LogP contribution in [0.1, 0.15) is 31.5 Å². The summed E-state index contributed by atoms with van der Waals surface area (Å²) < 4.78 is 1.86. The highest BCUT2D eigenvalue weighted by Crippen LogP contribution is 2.28. The summed E-state index contributed by atoms with van der Waals surface area (Å²) in [5, 5.41) is 13.0. The molecule has 8 heteroatoms. The van der Waals surface area contributed by atoms with E-state index >= 15 is 0 Å². The van der Waals surface area contributed by atoms with Gasteiger partial charge in [0.2, 0.25) is 0 Å². The van der Waals surface area contributed by atoms with Gasteiger partial charge in [0.15, 0.2) is 0 Å². The Kier molecular flexibility index (Phi) is 9.29. The number of halogens is 3. The molecule has 21 heavy (non-hydrogen) atoms. The number of carboxylic acid groups (broad SMARTS) is 1. The van der Waals surface area contributed by atoms with Gasteiger partial charge in [-0.2, -0.15) is 0 Å². The first-order valence-corrected chi connectivity index (χ1v) is 7.05. The number of aliphatic carboxylic acids is 1.